The van der Waals surface area contributed by atoms with Gasteiger partial charge in [0.2, 0.25) is 0 Å². The molecule has 17 heavy (non-hydrogen) atoms. The molecule has 0 aromatic rings. The molecule has 96 valence electrons. The second-order valence-corrected chi connectivity index (χ2v) is 7.53. The molecule has 0 radical (unpaired) electrons. The van der Waals surface area contributed by atoms with Crippen LogP contribution in [0.5, 0.6) is 0 Å². The first-order valence-electron chi connectivity index (χ1n) is 5.94. The first-order chi connectivity index (χ1) is 8.05. The van der Waals surface area contributed by atoms with Crippen LogP contribution in [-0.2, 0) is 14.6 Å². The summed E-state index contributed by atoms with van der Waals surface area (Å²) >= 11 is 5.27. The molecule has 7 heteroatoms. The normalized spacial score (nSPS) is 39.4. The van der Waals surface area contributed by atoms with Gasteiger partial charge in [-0.25, -0.2) is 8.42 Å². The third-order valence-electron chi connectivity index (χ3n) is 3.72. The predicted octanol–water partition coefficient (Wildman–Crippen LogP) is -0.479. The van der Waals surface area contributed by atoms with Gasteiger partial charge in [0.1, 0.15) is 0 Å². The van der Waals surface area contributed by atoms with Gasteiger partial charge in [-0.1, -0.05) is 0 Å². The Balaban J connectivity index is 1.72. The largest absolute Gasteiger partial charge is 0.376 e. The van der Waals surface area contributed by atoms with E-state index in [1.54, 1.807) is 0 Å². The van der Waals surface area contributed by atoms with E-state index in [2.05, 4.69) is 5.32 Å². The highest BCUT2D eigenvalue weighted by atomic mass is 32.2. The lowest BCUT2D eigenvalue weighted by Gasteiger charge is -2.25. The second kappa shape index (κ2) is 4.07. The number of thiocarbonyl (C=S) groups is 1. The van der Waals surface area contributed by atoms with Crippen LogP contribution in [0.4, 0.5) is 0 Å². The fourth-order valence-corrected chi connectivity index (χ4v) is 5.17. The number of ether oxygens (including phenoxy) is 1. The van der Waals surface area contributed by atoms with E-state index >= 15 is 0 Å². The number of hydrogen-bond acceptors (Lipinski definition) is 4. The minimum Gasteiger partial charge on any atom is -0.376 e. The Bertz CT molecular complexity index is 431. The molecule has 0 aliphatic carbocycles. The van der Waals surface area contributed by atoms with Crippen molar-refractivity contribution in [1.29, 1.82) is 0 Å². The minimum absolute atomic E-state index is 0.0108. The van der Waals surface area contributed by atoms with E-state index in [4.69, 9.17) is 17.0 Å². The van der Waals surface area contributed by atoms with E-state index < -0.39 is 9.84 Å². The van der Waals surface area contributed by atoms with Crippen molar-refractivity contribution in [3.8, 4) is 0 Å². The summed E-state index contributed by atoms with van der Waals surface area (Å²) in [6.07, 6.45) is 2.34. The number of hydrogen-bond donors (Lipinski definition) is 1. The van der Waals surface area contributed by atoms with Crippen LogP contribution in [0.3, 0.4) is 0 Å². The van der Waals surface area contributed by atoms with Gasteiger partial charge >= 0.3 is 0 Å². The van der Waals surface area contributed by atoms with E-state index in [0.717, 1.165) is 26.0 Å². The van der Waals surface area contributed by atoms with Crippen molar-refractivity contribution < 1.29 is 13.2 Å². The number of nitrogens with one attached hydrogen (secondary N) is 1. The molecule has 3 fully saturated rings. The predicted molar refractivity (Wildman–Crippen MR) is 67.6 cm³/mol. The third-order valence-corrected chi connectivity index (χ3v) is 5.79. The summed E-state index contributed by atoms with van der Waals surface area (Å²) in [6, 6.07) is -0.00870. The monoisotopic (exact) mass is 276 g/mol. The maximum Gasteiger partial charge on any atom is 0.169 e. The van der Waals surface area contributed by atoms with Gasteiger partial charge in [0, 0.05) is 13.2 Å². The van der Waals surface area contributed by atoms with Crippen molar-refractivity contribution in [3.63, 3.8) is 0 Å². The van der Waals surface area contributed by atoms with E-state index in [-0.39, 0.29) is 29.7 Å². The molecule has 0 saturated carbocycles. The van der Waals surface area contributed by atoms with Crippen LogP contribution >= 0.6 is 12.2 Å². The fourth-order valence-electron chi connectivity index (χ4n) is 2.89. The summed E-state index contributed by atoms with van der Waals surface area (Å²) in [4.78, 5) is 2.01. The van der Waals surface area contributed by atoms with Crippen LogP contribution in [0.1, 0.15) is 12.8 Å². The number of nitrogens with zero attached hydrogens (tertiary/aromatic N) is 1. The molecule has 3 heterocycles. The summed E-state index contributed by atoms with van der Waals surface area (Å²) in [5, 5.41) is 3.80. The zero-order valence-electron chi connectivity index (χ0n) is 9.46. The van der Waals surface area contributed by atoms with Crippen molar-refractivity contribution in [3.05, 3.63) is 0 Å². The molecular formula is C10H16N2O3S2. The highest BCUT2D eigenvalue weighted by molar-refractivity contribution is 7.91. The van der Waals surface area contributed by atoms with E-state index in [0.29, 0.717) is 5.11 Å². The summed E-state index contributed by atoms with van der Waals surface area (Å²) in [6.45, 7) is 1.54. The molecule has 0 bridgehead atoms. The molecule has 1 N–H and O–H groups in total. The average molecular weight is 276 g/mol. The molecule has 0 aromatic carbocycles. The van der Waals surface area contributed by atoms with Gasteiger partial charge < -0.3 is 15.0 Å². The van der Waals surface area contributed by atoms with Gasteiger partial charge in [-0.3, -0.25) is 0 Å². The summed E-state index contributed by atoms with van der Waals surface area (Å²) in [5.74, 6) is 0.428. The molecular weight excluding hydrogens is 260 g/mol. The Morgan fingerprint density at radius 1 is 1.47 bits per heavy atom. The highest BCUT2D eigenvalue weighted by Crippen LogP contribution is 2.26. The molecule has 0 spiro atoms. The average Bonchev–Trinajstić information content (AvgIpc) is 2.87. The Labute approximate surface area is 106 Å². The van der Waals surface area contributed by atoms with Crippen LogP contribution in [0.15, 0.2) is 0 Å². The lowest BCUT2D eigenvalue weighted by molar-refractivity contribution is 0.0874. The Morgan fingerprint density at radius 3 is 3.00 bits per heavy atom. The second-order valence-electron chi connectivity index (χ2n) is 4.99. The number of rotatable bonds is 2. The van der Waals surface area contributed by atoms with Crippen LogP contribution in [0.2, 0.25) is 0 Å². The van der Waals surface area contributed by atoms with E-state index in [9.17, 15) is 8.42 Å². The first kappa shape index (κ1) is 11.7. The standard InChI is InChI=1S/C10H16N2O3S2/c13-17(14)5-8-9(6-17)12(10(16)11-8)4-7-2-1-3-15-7/h7-9H,1-6H2,(H,11,16)/t7-,8+,9+/m1/s1. The van der Waals surface area contributed by atoms with E-state index in [1.165, 1.54) is 0 Å². The van der Waals surface area contributed by atoms with Crippen LogP contribution in [0, 0.1) is 0 Å². The number of fused-ring (bicyclic) bond motifs is 1. The molecule has 3 aliphatic rings. The Hall–Kier alpha value is -0.400. The maximum atomic E-state index is 11.6. The van der Waals surface area contributed by atoms with Crippen molar-refractivity contribution in [2.75, 3.05) is 24.7 Å². The molecule has 0 unspecified atom stereocenters. The van der Waals surface area contributed by atoms with Gasteiger partial charge in [-0.05, 0) is 25.1 Å². The Kier molecular flexibility index (Phi) is 2.79. The van der Waals surface area contributed by atoms with Crippen molar-refractivity contribution >= 4 is 27.2 Å². The molecule has 0 amide bonds. The molecule has 3 rings (SSSR count). The maximum absolute atomic E-state index is 11.6. The van der Waals surface area contributed by atoms with Crippen LogP contribution < -0.4 is 5.32 Å². The zero-order valence-corrected chi connectivity index (χ0v) is 11.1. The smallest absolute Gasteiger partial charge is 0.169 e. The SMILES string of the molecule is O=S1(=O)C[C@@H]2NC(=S)N(C[C@H]3CCCO3)[C@H]2C1. The molecule has 3 atom stereocenters. The molecule has 0 aromatic heterocycles. The van der Waals surface area contributed by atoms with Crippen molar-refractivity contribution in [1.82, 2.24) is 10.2 Å². The lowest BCUT2D eigenvalue weighted by atomic mass is 10.1. The third kappa shape index (κ3) is 2.15. The quantitative estimate of drug-likeness (QED) is 0.688. The van der Waals surface area contributed by atoms with Gasteiger partial charge in [0.05, 0.1) is 29.7 Å². The van der Waals surface area contributed by atoms with Gasteiger partial charge in [0.15, 0.2) is 14.9 Å². The first-order valence-corrected chi connectivity index (χ1v) is 8.17. The zero-order chi connectivity index (χ0) is 12.0. The van der Waals surface area contributed by atoms with Crippen LogP contribution in [0.25, 0.3) is 0 Å². The molecule has 3 saturated heterocycles. The van der Waals surface area contributed by atoms with Crippen LogP contribution in [-0.4, -0.2) is 61.3 Å². The highest BCUT2D eigenvalue weighted by Gasteiger charge is 2.47. The van der Waals surface area contributed by atoms with E-state index in [1.807, 2.05) is 4.90 Å². The summed E-state index contributed by atoms with van der Waals surface area (Å²) < 4.78 is 28.8. The molecule has 5 nitrogen and oxygen atoms in total. The fraction of sp³-hybridized carbons (Fsp3) is 0.900. The summed E-state index contributed by atoms with van der Waals surface area (Å²) in [5.41, 5.74) is 0. The lowest BCUT2D eigenvalue weighted by Crippen LogP contribution is -2.41. The minimum atomic E-state index is -2.90. The Morgan fingerprint density at radius 2 is 2.29 bits per heavy atom. The van der Waals surface area contributed by atoms with Gasteiger partial charge in [-0.15, -0.1) is 0 Å². The summed E-state index contributed by atoms with van der Waals surface area (Å²) in [7, 11) is -2.90. The number of sulfone groups is 1. The van der Waals surface area contributed by atoms with Crippen molar-refractivity contribution in [2.24, 2.45) is 0 Å². The van der Waals surface area contributed by atoms with Gasteiger partial charge in [0.25, 0.3) is 0 Å². The van der Waals surface area contributed by atoms with Crippen molar-refractivity contribution in [2.45, 2.75) is 31.0 Å². The molecule has 3 aliphatic heterocycles. The topological polar surface area (TPSA) is 58.6 Å². The van der Waals surface area contributed by atoms with Gasteiger partial charge in [-0.2, -0.15) is 0 Å².